The third-order valence-electron chi connectivity index (χ3n) is 5.98. The molecule has 0 radical (unpaired) electrons. The van der Waals surface area contributed by atoms with E-state index in [0.717, 1.165) is 22.3 Å². The van der Waals surface area contributed by atoms with Gasteiger partial charge in [0.1, 0.15) is 22.9 Å². The Hall–Kier alpha value is -4.52. The zero-order valence-electron chi connectivity index (χ0n) is 20.3. The minimum atomic E-state index is 0.647. The Morgan fingerprint density at radius 3 is 1.23 bits per heavy atom. The Balaban J connectivity index is 1.39. The van der Waals surface area contributed by atoms with Crippen molar-refractivity contribution in [1.82, 2.24) is 0 Å². The molecule has 0 aliphatic heterocycles. The Morgan fingerprint density at radius 2 is 0.857 bits per heavy atom. The van der Waals surface area contributed by atoms with Crippen molar-refractivity contribution in [3.63, 3.8) is 0 Å². The maximum Gasteiger partial charge on any atom is 0.127 e. The first kappa shape index (κ1) is 23.6. The average Bonchev–Trinajstić information content (AvgIpc) is 2.87. The lowest BCUT2D eigenvalue weighted by molar-refractivity contribution is 0.483. The molecule has 0 bridgehead atoms. The van der Waals surface area contributed by atoms with Gasteiger partial charge in [0, 0.05) is 0 Å². The molecule has 0 amide bonds. The van der Waals surface area contributed by atoms with Crippen LogP contribution in [0.25, 0.3) is 0 Å². The first-order chi connectivity index (χ1) is 16.8. The molecular weight excluding hydrogens is 436 g/mol. The molecule has 0 saturated carbocycles. The Kier molecular flexibility index (Phi) is 6.87. The fraction of sp³-hybridized carbons (Fsp3) is 0.143. The highest BCUT2D eigenvalue weighted by atomic mass is 16.5. The molecule has 176 valence electrons. The summed E-state index contributed by atoms with van der Waals surface area (Å²) in [6.07, 6.45) is 0. The largest absolute Gasteiger partial charge is 0.457 e. The first-order valence-electron chi connectivity index (χ1n) is 11.2. The summed E-state index contributed by atoms with van der Waals surface area (Å²) in [5.74, 6) is 1.37. The zero-order chi connectivity index (χ0) is 24.9. The van der Waals surface area contributed by atoms with Crippen molar-refractivity contribution < 1.29 is 4.74 Å². The van der Waals surface area contributed by atoms with E-state index >= 15 is 0 Å². The van der Waals surface area contributed by atoms with E-state index in [2.05, 4.69) is 20.5 Å². The number of aryl methyl sites for hydroxylation is 2. The molecule has 0 aliphatic rings. The van der Waals surface area contributed by atoms with Gasteiger partial charge in [-0.25, -0.2) is 0 Å². The molecule has 4 aromatic carbocycles. The Morgan fingerprint density at radius 1 is 0.486 bits per heavy atom. The predicted molar refractivity (Wildman–Crippen MR) is 142 cm³/mol. The van der Waals surface area contributed by atoms with Crippen LogP contribution in [-0.4, -0.2) is 0 Å². The second kappa shape index (κ2) is 10.2. The van der Waals surface area contributed by atoms with Gasteiger partial charge in [0.15, 0.2) is 0 Å². The van der Waals surface area contributed by atoms with Crippen molar-refractivity contribution in [3.8, 4) is 11.5 Å². The highest BCUT2D eigenvalue weighted by molar-refractivity contribution is 5.69. The van der Waals surface area contributed by atoms with Crippen LogP contribution in [0.15, 0.2) is 93.3 Å². The van der Waals surface area contributed by atoms with E-state index in [0.29, 0.717) is 45.6 Å². The maximum absolute atomic E-state index is 6.14. The highest BCUT2D eigenvalue weighted by Gasteiger charge is 2.05. The van der Waals surface area contributed by atoms with Gasteiger partial charge in [-0.2, -0.15) is 10.2 Å². The van der Waals surface area contributed by atoms with Crippen LogP contribution in [0.5, 0.6) is 11.5 Å². The van der Waals surface area contributed by atoms with Gasteiger partial charge in [-0.15, -0.1) is 10.2 Å². The molecule has 7 nitrogen and oxygen atoms in total. The van der Waals surface area contributed by atoms with Gasteiger partial charge < -0.3 is 16.2 Å². The van der Waals surface area contributed by atoms with Crippen LogP contribution in [0.4, 0.5) is 34.1 Å². The van der Waals surface area contributed by atoms with Gasteiger partial charge in [-0.3, -0.25) is 0 Å². The molecule has 4 rings (SSSR count). The van der Waals surface area contributed by atoms with Crippen LogP contribution in [0.2, 0.25) is 0 Å². The molecule has 7 heteroatoms. The number of nitrogens with two attached hydrogens (primary N) is 2. The van der Waals surface area contributed by atoms with Gasteiger partial charge in [0.2, 0.25) is 0 Å². The van der Waals surface area contributed by atoms with Gasteiger partial charge in [0.05, 0.1) is 22.7 Å². The number of hydrogen-bond acceptors (Lipinski definition) is 7. The van der Waals surface area contributed by atoms with Crippen LogP contribution in [0.3, 0.4) is 0 Å². The lowest BCUT2D eigenvalue weighted by atomic mass is 10.1. The lowest BCUT2D eigenvalue weighted by Crippen LogP contribution is -1.92. The van der Waals surface area contributed by atoms with Gasteiger partial charge >= 0.3 is 0 Å². The molecule has 0 spiro atoms. The quantitative estimate of drug-likeness (QED) is 0.220. The third kappa shape index (κ3) is 5.52. The minimum absolute atomic E-state index is 0.647. The summed E-state index contributed by atoms with van der Waals surface area (Å²) in [6.45, 7) is 7.99. The van der Waals surface area contributed by atoms with E-state index in [4.69, 9.17) is 16.2 Å². The molecule has 0 aliphatic carbocycles. The predicted octanol–water partition coefficient (Wildman–Crippen LogP) is 8.71. The fourth-order valence-electron chi connectivity index (χ4n) is 3.34. The summed E-state index contributed by atoms with van der Waals surface area (Å²) in [6, 6.07) is 22.5. The molecule has 0 fully saturated rings. The van der Waals surface area contributed by atoms with Gasteiger partial charge in [0.25, 0.3) is 0 Å². The number of rotatable bonds is 6. The number of azo groups is 2. The van der Waals surface area contributed by atoms with Crippen LogP contribution in [-0.2, 0) is 0 Å². The SMILES string of the molecule is Cc1ccc(N=Nc2ccc(Oc3ccc(N=Nc4ccc(C)c(C)c4N)cc3)cc2)c(N)c1C. The van der Waals surface area contributed by atoms with Crippen LogP contribution in [0.1, 0.15) is 22.3 Å². The lowest BCUT2D eigenvalue weighted by Gasteiger charge is -2.07. The van der Waals surface area contributed by atoms with E-state index in [-0.39, 0.29) is 0 Å². The van der Waals surface area contributed by atoms with Crippen molar-refractivity contribution in [1.29, 1.82) is 0 Å². The smallest absolute Gasteiger partial charge is 0.127 e. The van der Waals surface area contributed by atoms with E-state index in [1.807, 2.05) is 100 Å². The Labute approximate surface area is 205 Å². The minimum Gasteiger partial charge on any atom is -0.457 e. The summed E-state index contributed by atoms with van der Waals surface area (Å²) >= 11 is 0. The molecule has 4 aromatic rings. The third-order valence-corrected chi connectivity index (χ3v) is 5.98. The zero-order valence-corrected chi connectivity index (χ0v) is 20.3. The summed E-state index contributed by atoms with van der Waals surface area (Å²) in [7, 11) is 0. The first-order valence-corrected chi connectivity index (χ1v) is 11.2. The second-order valence-electron chi connectivity index (χ2n) is 8.37. The molecule has 0 saturated heterocycles. The second-order valence-corrected chi connectivity index (χ2v) is 8.37. The molecule has 0 heterocycles. The normalized spacial score (nSPS) is 11.4. The number of nitrogens with zero attached hydrogens (tertiary/aromatic N) is 4. The molecule has 0 unspecified atom stereocenters. The monoisotopic (exact) mass is 464 g/mol. The van der Waals surface area contributed by atoms with Crippen molar-refractivity contribution in [2.45, 2.75) is 27.7 Å². The van der Waals surface area contributed by atoms with Crippen LogP contribution < -0.4 is 16.2 Å². The number of anilines is 2. The number of benzene rings is 4. The molecule has 0 atom stereocenters. The Bertz CT molecular complexity index is 1300. The van der Waals surface area contributed by atoms with Gasteiger partial charge in [-0.05, 0) is 111 Å². The summed E-state index contributed by atoms with van der Waals surface area (Å²) < 4.78 is 5.93. The molecule has 4 N–H and O–H groups in total. The van der Waals surface area contributed by atoms with E-state index in [1.54, 1.807) is 0 Å². The summed E-state index contributed by atoms with van der Waals surface area (Å²) in [5, 5.41) is 17.1. The summed E-state index contributed by atoms with van der Waals surface area (Å²) in [5.41, 5.74) is 20.6. The van der Waals surface area contributed by atoms with Crippen molar-refractivity contribution in [2.24, 2.45) is 20.5 Å². The maximum atomic E-state index is 6.14. The van der Waals surface area contributed by atoms with Gasteiger partial charge in [-0.1, -0.05) is 12.1 Å². The van der Waals surface area contributed by atoms with Crippen LogP contribution >= 0.6 is 0 Å². The highest BCUT2D eigenvalue weighted by Crippen LogP contribution is 2.32. The van der Waals surface area contributed by atoms with Crippen molar-refractivity contribution in [3.05, 3.63) is 95.1 Å². The van der Waals surface area contributed by atoms with Crippen molar-refractivity contribution in [2.75, 3.05) is 11.5 Å². The molecule has 35 heavy (non-hydrogen) atoms. The summed E-state index contributed by atoms with van der Waals surface area (Å²) in [4.78, 5) is 0. The topological polar surface area (TPSA) is 111 Å². The van der Waals surface area contributed by atoms with Crippen molar-refractivity contribution >= 4 is 34.1 Å². The molecule has 0 aromatic heterocycles. The fourth-order valence-corrected chi connectivity index (χ4v) is 3.34. The number of nitrogen functional groups attached to an aromatic ring is 2. The van der Waals surface area contributed by atoms with E-state index < -0.39 is 0 Å². The standard InChI is InChI=1S/C28H28N6O/c1-17-5-15-25(27(29)19(17)3)33-31-21-7-11-23(12-8-21)35-24-13-9-22(10-14-24)32-34-26-16-6-18(2)20(4)28(26)30/h5-16H,29-30H2,1-4H3. The van der Waals surface area contributed by atoms with E-state index in [1.165, 1.54) is 0 Å². The van der Waals surface area contributed by atoms with Crippen LogP contribution in [0, 0.1) is 27.7 Å². The average molecular weight is 465 g/mol. The number of ether oxygens (including phenoxy) is 1. The van der Waals surface area contributed by atoms with E-state index in [9.17, 15) is 0 Å². The number of hydrogen-bond donors (Lipinski definition) is 2. The molecular formula is C28H28N6O.